The van der Waals surface area contributed by atoms with Gasteiger partial charge in [-0.3, -0.25) is 4.90 Å². The van der Waals surface area contributed by atoms with Gasteiger partial charge in [0.25, 0.3) is 10.0 Å². The molecule has 0 fully saturated rings. The van der Waals surface area contributed by atoms with Gasteiger partial charge in [-0.1, -0.05) is 30.3 Å². The molecule has 3 N–H and O–H groups in total. The van der Waals surface area contributed by atoms with E-state index in [4.69, 9.17) is 19.8 Å². The standard InChI is InChI=1S/C20H18N4O2S.2C2HF3O2/c25-27(26,17-6-2-1-3-7-17)24-13-16-12-23(14-19-21-9-10-22-19)11-15-5-4-8-18(24)20(15)16;2*3-2(4,5)1(6)7/h1-10,13H,11-12,14H2,(H,21,22);2*(H,6,7). The molecular weight excluding hydrogens is 586 g/mol. The lowest BCUT2D eigenvalue weighted by atomic mass is 10.0. The maximum atomic E-state index is 13.2. The van der Waals surface area contributed by atoms with E-state index in [2.05, 4.69) is 20.9 Å². The summed E-state index contributed by atoms with van der Waals surface area (Å²) < 4.78 is 91.3. The third-order valence-electron chi connectivity index (χ3n) is 5.46. The number of nitrogens with zero attached hydrogens (tertiary/aromatic N) is 3. The number of alkyl halides is 6. The normalized spacial score (nSPS) is 13.5. The van der Waals surface area contributed by atoms with Crippen molar-refractivity contribution in [3.63, 3.8) is 0 Å². The number of carboxylic acids is 2. The number of aliphatic carboxylic acids is 2. The molecule has 0 saturated heterocycles. The number of imidazole rings is 1. The van der Waals surface area contributed by atoms with Gasteiger partial charge in [-0.05, 0) is 29.3 Å². The number of rotatable bonds is 4. The molecule has 1 aliphatic rings. The van der Waals surface area contributed by atoms with Gasteiger partial charge in [0.2, 0.25) is 0 Å². The highest BCUT2D eigenvalue weighted by atomic mass is 32.2. The molecule has 220 valence electrons. The van der Waals surface area contributed by atoms with Crippen molar-refractivity contribution in [2.24, 2.45) is 0 Å². The summed E-state index contributed by atoms with van der Waals surface area (Å²) in [5.41, 5.74) is 2.91. The molecule has 1 aliphatic heterocycles. The van der Waals surface area contributed by atoms with Crippen LogP contribution in [0.3, 0.4) is 0 Å². The Hall–Kier alpha value is -4.38. The minimum atomic E-state index is -5.08. The SMILES string of the molecule is O=C(O)C(F)(F)F.O=C(O)C(F)(F)F.O=S(=O)(c1ccccc1)n1cc2c3c(cccc31)CN(Cc1ncc[nH]1)C2. The van der Waals surface area contributed by atoms with Crippen LogP contribution >= 0.6 is 0 Å². The molecule has 10 nitrogen and oxygen atoms in total. The number of H-pyrrole nitrogens is 1. The fourth-order valence-electron chi connectivity index (χ4n) is 3.82. The Morgan fingerprint density at radius 1 is 0.878 bits per heavy atom. The largest absolute Gasteiger partial charge is 0.490 e. The number of aromatic nitrogens is 3. The Labute approximate surface area is 227 Å². The zero-order valence-electron chi connectivity index (χ0n) is 20.5. The number of carbonyl (C=O) groups is 2. The van der Waals surface area contributed by atoms with Crippen LogP contribution in [-0.4, -0.2) is 61.8 Å². The first-order valence-electron chi connectivity index (χ1n) is 11.2. The summed E-state index contributed by atoms with van der Waals surface area (Å²) in [7, 11) is -3.63. The van der Waals surface area contributed by atoms with Crippen LogP contribution in [0.5, 0.6) is 0 Å². The lowest BCUT2D eigenvalue weighted by molar-refractivity contribution is -0.193. The number of aromatic amines is 1. The topological polar surface area (TPSA) is 146 Å². The van der Waals surface area contributed by atoms with Crippen LogP contribution in [-0.2, 0) is 39.2 Å². The molecule has 2 aromatic heterocycles. The molecule has 3 heterocycles. The zero-order chi connectivity index (χ0) is 30.6. The molecule has 2 aromatic carbocycles. The van der Waals surface area contributed by atoms with Crippen molar-refractivity contribution in [2.45, 2.75) is 36.9 Å². The van der Waals surface area contributed by atoms with Crippen molar-refractivity contribution in [2.75, 3.05) is 0 Å². The molecular formula is C24H20F6N4O6S. The number of hydrogen-bond donors (Lipinski definition) is 3. The van der Waals surface area contributed by atoms with E-state index in [1.54, 1.807) is 36.7 Å². The first-order chi connectivity index (χ1) is 19.0. The fourth-order valence-corrected chi connectivity index (χ4v) is 5.22. The number of halogens is 6. The second-order valence-corrected chi connectivity index (χ2v) is 10.2. The first kappa shape index (κ1) is 31.2. The predicted octanol–water partition coefficient (Wildman–Crippen LogP) is 4.38. The summed E-state index contributed by atoms with van der Waals surface area (Å²) in [5.74, 6) is -4.61. The average Bonchev–Trinajstić information content (AvgIpc) is 3.53. The lowest BCUT2D eigenvalue weighted by Crippen LogP contribution is -2.25. The van der Waals surface area contributed by atoms with Crippen LogP contribution in [0, 0.1) is 0 Å². The van der Waals surface area contributed by atoms with E-state index in [-0.39, 0.29) is 0 Å². The van der Waals surface area contributed by atoms with E-state index in [9.17, 15) is 34.8 Å². The van der Waals surface area contributed by atoms with Gasteiger partial charge in [0.05, 0.1) is 17.0 Å². The maximum Gasteiger partial charge on any atom is 0.490 e. The third-order valence-corrected chi connectivity index (χ3v) is 7.15. The van der Waals surface area contributed by atoms with Crippen LogP contribution in [0.2, 0.25) is 0 Å². The molecule has 0 bridgehead atoms. The van der Waals surface area contributed by atoms with Crippen LogP contribution < -0.4 is 0 Å². The Morgan fingerprint density at radius 3 is 1.95 bits per heavy atom. The monoisotopic (exact) mass is 606 g/mol. The van der Waals surface area contributed by atoms with E-state index >= 15 is 0 Å². The molecule has 17 heteroatoms. The predicted molar refractivity (Wildman–Crippen MR) is 130 cm³/mol. The Morgan fingerprint density at radius 2 is 1.44 bits per heavy atom. The molecule has 0 saturated carbocycles. The van der Waals surface area contributed by atoms with E-state index in [0.717, 1.165) is 34.4 Å². The van der Waals surface area contributed by atoms with E-state index < -0.39 is 34.3 Å². The second kappa shape index (κ2) is 12.0. The highest BCUT2D eigenvalue weighted by molar-refractivity contribution is 7.90. The van der Waals surface area contributed by atoms with Crippen molar-refractivity contribution in [3.05, 3.63) is 84.1 Å². The summed E-state index contributed by atoms with van der Waals surface area (Å²) in [4.78, 5) is 27.8. The molecule has 5 rings (SSSR count). The van der Waals surface area contributed by atoms with Crippen molar-refractivity contribution in [1.29, 1.82) is 0 Å². The number of hydrogen-bond acceptors (Lipinski definition) is 6. The summed E-state index contributed by atoms with van der Waals surface area (Å²) in [6.45, 7) is 2.14. The van der Waals surface area contributed by atoms with Crippen LogP contribution in [0.15, 0.2) is 72.0 Å². The summed E-state index contributed by atoms with van der Waals surface area (Å²) >= 11 is 0. The average molecular weight is 607 g/mol. The fraction of sp³-hybridized carbons (Fsp3) is 0.208. The maximum absolute atomic E-state index is 13.2. The van der Waals surface area contributed by atoms with Crippen LogP contribution in [0.4, 0.5) is 26.3 Å². The Kier molecular flexibility index (Phi) is 9.13. The number of nitrogens with one attached hydrogen (secondary N) is 1. The molecule has 41 heavy (non-hydrogen) atoms. The van der Waals surface area contributed by atoms with Gasteiger partial charge in [-0.2, -0.15) is 26.3 Å². The number of benzene rings is 2. The van der Waals surface area contributed by atoms with Gasteiger partial charge in [-0.25, -0.2) is 27.0 Å². The molecule has 0 amide bonds. The van der Waals surface area contributed by atoms with Crippen molar-refractivity contribution in [1.82, 2.24) is 18.8 Å². The molecule has 0 aliphatic carbocycles. The summed E-state index contributed by atoms with van der Waals surface area (Å²) in [5, 5.41) is 15.3. The zero-order valence-corrected chi connectivity index (χ0v) is 21.3. The first-order valence-corrected chi connectivity index (χ1v) is 12.7. The lowest BCUT2D eigenvalue weighted by Gasteiger charge is -2.26. The van der Waals surface area contributed by atoms with Gasteiger partial charge in [0, 0.05) is 37.1 Å². The number of carboxylic acid groups (broad SMARTS) is 2. The van der Waals surface area contributed by atoms with Gasteiger partial charge >= 0.3 is 24.3 Å². The van der Waals surface area contributed by atoms with Crippen LogP contribution in [0.1, 0.15) is 17.0 Å². The van der Waals surface area contributed by atoms with E-state index in [0.29, 0.717) is 18.0 Å². The summed E-state index contributed by atoms with van der Waals surface area (Å²) in [6, 6.07) is 14.4. The van der Waals surface area contributed by atoms with Gasteiger partial charge in [-0.15, -0.1) is 0 Å². The molecule has 0 unspecified atom stereocenters. The summed E-state index contributed by atoms with van der Waals surface area (Å²) in [6.07, 6.45) is -4.84. The molecule has 0 atom stereocenters. The molecule has 0 spiro atoms. The van der Waals surface area contributed by atoms with Crippen molar-refractivity contribution in [3.8, 4) is 0 Å². The van der Waals surface area contributed by atoms with Crippen molar-refractivity contribution < 1.29 is 54.6 Å². The highest BCUT2D eigenvalue weighted by Gasteiger charge is 2.39. The molecule has 0 radical (unpaired) electrons. The van der Waals surface area contributed by atoms with Gasteiger partial charge < -0.3 is 15.2 Å². The Bertz CT molecular complexity index is 1590. The van der Waals surface area contributed by atoms with Crippen molar-refractivity contribution >= 4 is 32.9 Å². The minimum absolute atomic E-state index is 0.297. The van der Waals surface area contributed by atoms with Crippen LogP contribution in [0.25, 0.3) is 10.9 Å². The van der Waals surface area contributed by atoms with E-state index in [1.165, 1.54) is 3.97 Å². The van der Waals surface area contributed by atoms with Gasteiger partial charge in [0.15, 0.2) is 0 Å². The van der Waals surface area contributed by atoms with E-state index in [1.807, 2.05) is 24.4 Å². The second-order valence-electron chi connectivity index (χ2n) is 8.37. The smallest absolute Gasteiger partial charge is 0.475 e. The van der Waals surface area contributed by atoms with Gasteiger partial charge in [0.1, 0.15) is 5.82 Å². The quantitative estimate of drug-likeness (QED) is 0.290. The molecule has 4 aromatic rings. The highest BCUT2D eigenvalue weighted by Crippen LogP contribution is 2.34. The minimum Gasteiger partial charge on any atom is -0.475 e. The third kappa shape index (κ3) is 7.63. The Balaban J connectivity index is 0.000000276.